The molecule has 0 saturated carbocycles. The Morgan fingerprint density at radius 3 is 2.95 bits per heavy atom. The van der Waals surface area contributed by atoms with Gasteiger partial charge >= 0.3 is 0 Å². The van der Waals surface area contributed by atoms with Gasteiger partial charge in [0.1, 0.15) is 0 Å². The molecule has 0 radical (unpaired) electrons. The van der Waals surface area contributed by atoms with Gasteiger partial charge in [0.2, 0.25) is 5.91 Å². The topological polar surface area (TPSA) is 43.8 Å². The first-order chi connectivity index (χ1) is 10.1. The predicted octanol–water partition coefficient (Wildman–Crippen LogP) is 2.49. The molecule has 1 fully saturated rings. The lowest BCUT2D eigenvalue weighted by Gasteiger charge is -2.38. The zero-order chi connectivity index (χ0) is 15.2. The van der Waals surface area contributed by atoms with Crippen molar-refractivity contribution in [3.8, 4) is 0 Å². The highest BCUT2D eigenvalue weighted by molar-refractivity contribution is 6.30. The third-order valence-corrected chi connectivity index (χ3v) is 4.05. The van der Waals surface area contributed by atoms with Gasteiger partial charge in [-0.05, 0) is 43.9 Å². The lowest BCUT2D eigenvalue weighted by molar-refractivity contribution is -0.155. The Bertz CT molecular complexity index is 481. The number of aliphatic hydroxyl groups excluding tert-OH is 1. The highest BCUT2D eigenvalue weighted by Crippen LogP contribution is 2.16. The molecule has 0 spiro atoms. The Balaban J connectivity index is 1.83. The molecule has 1 atom stereocenters. The highest BCUT2D eigenvalue weighted by Gasteiger charge is 2.24. The number of halogens is 1. The number of amides is 1. The molecule has 2 rings (SSSR count). The maximum Gasteiger partial charge on any atom is 0.236 e. The van der Waals surface area contributed by atoms with E-state index in [9.17, 15) is 9.90 Å². The van der Waals surface area contributed by atoms with Gasteiger partial charge < -0.3 is 5.11 Å². The Morgan fingerprint density at radius 1 is 1.43 bits per heavy atom. The normalized spacial score (nSPS) is 18.0. The van der Waals surface area contributed by atoms with Crippen LogP contribution in [0.4, 0.5) is 0 Å². The number of aliphatic hydroxyl groups is 1. The van der Waals surface area contributed by atoms with Crippen LogP contribution in [0.5, 0.6) is 0 Å². The monoisotopic (exact) mass is 310 g/mol. The summed E-state index contributed by atoms with van der Waals surface area (Å²) in [5, 5.41) is 14.7. The van der Waals surface area contributed by atoms with Crippen LogP contribution in [-0.4, -0.2) is 46.8 Å². The molecule has 1 N–H and O–H groups in total. The van der Waals surface area contributed by atoms with Crippen LogP contribution in [0.1, 0.15) is 31.7 Å². The summed E-state index contributed by atoms with van der Waals surface area (Å²) in [6, 6.07) is 7.58. The molecule has 0 aliphatic carbocycles. The van der Waals surface area contributed by atoms with E-state index in [4.69, 9.17) is 11.6 Å². The van der Waals surface area contributed by atoms with Crippen LogP contribution in [0.2, 0.25) is 5.02 Å². The van der Waals surface area contributed by atoms with E-state index in [1.165, 1.54) is 0 Å². The summed E-state index contributed by atoms with van der Waals surface area (Å²) < 4.78 is 0. The number of benzene rings is 1. The first kappa shape index (κ1) is 16.3. The van der Waals surface area contributed by atoms with Crippen molar-refractivity contribution < 1.29 is 9.90 Å². The minimum Gasteiger partial charge on any atom is -0.393 e. The standard InChI is InChI=1S/C16H23ClN2O2/c1-2-19-16(21)7-4-9-18(19)10-8-15(20)12-13-5-3-6-14(17)11-13/h3,5-6,11,15,20H,2,4,7-10,12H2,1H3. The molecule has 0 aromatic heterocycles. The van der Waals surface area contributed by atoms with Gasteiger partial charge in [-0.1, -0.05) is 23.7 Å². The number of hydrogen-bond donors (Lipinski definition) is 1. The summed E-state index contributed by atoms with van der Waals surface area (Å²) in [4.78, 5) is 11.8. The van der Waals surface area contributed by atoms with Gasteiger partial charge in [-0.15, -0.1) is 0 Å². The van der Waals surface area contributed by atoms with Gasteiger partial charge in [-0.25, -0.2) is 5.01 Å². The SMILES string of the molecule is CCN1C(=O)CCCN1CCC(O)Cc1cccc(Cl)c1. The van der Waals surface area contributed by atoms with Crippen molar-refractivity contribution in [3.63, 3.8) is 0 Å². The number of hydrogen-bond acceptors (Lipinski definition) is 3. The lowest BCUT2D eigenvalue weighted by Crippen LogP contribution is -2.51. The third-order valence-electron chi connectivity index (χ3n) is 3.82. The van der Waals surface area contributed by atoms with E-state index in [0.29, 0.717) is 37.4 Å². The van der Waals surface area contributed by atoms with E-state index in [1.54, 1.807) is 5.01 Å². The van der Waals surface area contributed by atoms with Crippen LogP contribution in [0.15, 0.2) is 24.3 Å². The van der Waals surface area contributed by atoms with Gasteiger partial charge in [0.25, 0.3) is 0 Å². The van der Waals surface area contributed by atoms with Crippen LogP contribution in [0.25, 0.3) is 0 Å². The molecular weight excluding hydrogens is 288 g/mol. The fourth-order valence-electron chi connectivity index (χ4n) is 2.77. The van der Waals surface area contributed by atoms with E-state index in [-0.39, 0.29) is 5.91 Å². The van der Waals surface area contributed by atoms with Gasteiger partial charge in [0.05, 0.1) is 6.10 Å². The molecule has 5 heteroatoms. The van der Waals surface area contributed by atoms with E-state index < -0.39 is 6.10 Å². The van der Waals surface area contributed by atoms with Gasteiger partial charge in [-0.3, -0.25) is 9.80 Å². The molecule has 1 aromatic carbocycles. The molecule has 1 saturated heterocycles. The van der Waals surface area contributed by atoms with Crippen molar-refractivity contribution in [1.29, 1.82) is 0 Å². The Hall–Kier alpha value is -1.10. The van der Waals surface area contributed by atoms with Gasteiger partial charge in [-0.2, -0.15) is 0 Å². The Morgan fingerprint density at radius 2 is 2.24 bits per heavy atom. The number of hydrazine groups is 1. The Kier molecular flexibility index (Phi) is 6.03. The smallest absolute Gasteiger partial charge is 0.236 e. The van der Waals surface area contributed by atoms with Gasteiger partial charge in [0, 0.05) is 31.1 Å². The van der Waals surface area contributed by atoms with Crippen molar-refractivity contribution in [3.05, 3.63) is 34.9 Å². The zero-order valence-electron chi connectivity index (χ0n) is 12.5. The Labute approximate surface area is 131 Å². The van der Waals surface area contributed by atoms with Crippen molar-refractivity contribution >= 4 is 17.5 Å². The third kappa shape index (κ3) is 4.70. The summed E-state index contributed by atoms with van der Waals surface area (Å²) in [7, 11) is 0. The van der Waals surface area contributed by atoms with Gasteiger partial charge in [0.15, 0.2) is 0 Å². The second-order valence-corrected chi connectivity index (χ2v) is 5.88. The molecule has 116 valence electrons. The molecule has 1 aliphatic heterocycles. The maximum absolute atomic E-state index is 11.8. The summed E-state index contributed by atoms with van der Waals surface area (Å²) >= 11 is 5.95. The van der Waals surface area contributed by atoms with Crippen molar-refractivity contribution in [1.82, 2.24) is 10.0 Å². The minimum atomic E-state index is -0.417. The van der Waals surface area contributed by atoms with Crippen LogP contribution >= 0.6 is 11.6 Å². The summed E-state index contributed by atoms with van der Waals surface area (Å²) in [5.41, 5.74) is 1.04. The summed E-state index contributed by atoms with van der Waals surface area (Å²) in [6.45, 7) is 4.28. The number of nitrogens with zero attached hydrogens (tertiary/aromatic N) is 2. The van der Waals surface area contributed by atoms with Crippen molar-refractivity contribution in [2.24, 2.45) is 0 Å². The van der Waals surface area contributed by atoms with Crippen LogP contribution < -0.4 is 0 Å². The van der Waals surface area contributed by atoms with E-state index in [1.807, 2.05) is 31.2 Å². The fourth-order valence-corrected chi connectivity index (χ4v) is 2.98. The molecule has 21 heavy (non-hydrogen) atoms. The predicted molar refractivity (Wildman–Crippen MR) is 84.0 cm³/mol. The first-order valence-corrected chi connectivity index (χ1v) is 7.95. The molecule has 1 unspecified atom stereocenters. The number of rotatable bonds is 6. The zero-order valence-corrected chi connectivity index (χ0v) is 13.2. The quantitative estimate of drug-likeness (QED) is 0.878. The number of carbonyl (C=O) groups excluding carboxylic acids is 1. The van der Waals surface area contributed by atoms with Crippen LogP contribution in [0, 0.1) is 0 Å². The first-order valence-electron chi connectivity index (χ1n) is 7.58. The highest BCUT2D eigenvalue weighted by atomic mass is 35.5. The maximum atomic E-state index is 11.8. The average molecular weight is 311 g/mol. The molecule has 1 heterocycles. The van der Waals surface area contributed by atoms with Crippen LogP contribution in [0.3, 0.4) is 0 Å². The lowest BCUT2D eigenvalue weighted by atomic mass is 10.1. The molecule has 1 aromatic rings. The van der Waals surface area contributed by atoms with E-state index >= 15 is 0 Å². The van der Waals surface area contributed by atoms with Crippen molar-refractivity contribution in [2.75, 3.05) is 19.6 Å². The van der Waals surface area contributed by atoms with E-state index in [2.05, 4.69) is 5.01 Å². The van der Waals surface area contributed by atoms with E-state index in [0.717, 1.165) is 18.5 Å². The summed E-state index contributed by atoms with van der Waals surface area (Å²) in [6.07, 6.45) is 2.36. The molecule has 4 nitrogen and oxygen atoms in total. The second-order valence-electron chi connectivity index (χ2n) is 5.44. The largest absolute Gasteiger partial charge is 0.393 e. The minimum absolute atomic E-state index is 0.188. The van der Waals surface area contributed by atoms with Crippen LogP contribution in [-0.2, 0) is 11.2 Å². The molecule has 1 amide bonds. The summed E-state index contributed by atoms with van der Waals surface area (Å²) in [5.74, 6) is 0.188. The molecular formula is C16H23ClN2O2. The second kappa shape index (κ2) is 7.78. The average Bonchev–Trinajstić information content (AvgIpc) is 2.45. The number of carbonyl (C=O) groups is 1. The van der Waals surface area contributed by atoms with Crippen molar-refractivity contribution in [2.45, 2.75) is 38.7 Å². The molecule has 0 bridgehead atoms. The molecule has 1 aliphatic rings. The fraction of sp³-hybridized carbons (Fsp3) is 0.562.